The fourth-order valence-electron chi connectivity index (χ4n) is 3.89. The van der Waals surface area contributed by atoms with Crippen LogP contribution in [-0.2, 0) is 0 Å². The number of nitrogens with zero attached hydrogens (tertiary/aromatic N) is 2. The van der Waals surface area contributed by atoms with Gasteiger partial charge in [-0.1, -0.05) is 30.3 Å². The van der Waals surface area contributed by atoms with E-state index in [9.17, 15) is 4.79 Å². The summed E-state index contributed by atoms with van der Waals surface area (Å²) in [6, 6.07) is 20.0. The molecule has 0 spiro atoms. The van der Waals surface area contributed by atoms with Crippen LogP contribution in [-0.4, -0.2) is 19.1 Å². The molecule has 0 aliphatic carbocycles. The van der Waals surface area contributed by atoms with Crippen LogP contribution in [0.1, 0.15) is 11.1 Å². The van der Waals surface area contributed by atoms with E-state index in [1.165, 1.54) is 0 Å². The molecule has 3 aromatic carbocycles. The number of anilines is 1. The lowest BCUT2D eigenvalue weighted by molar-refractivity contribution is 0.489. The minimum absolute atomic E-state index is 0.383. The molecule has 30 heavy (non-hydrogen) atoms. The van der Waals surface area contributed by atoms with E-state index >= 15 is 0 Å². The summed E-state index contributed by atoms with van der Waals surface area (Å²) < 4.78 is 5.58. The minimum atomic E-state index is -0.383. The molecule has 0 saturated heterocycles. The van der Waals surface area contributed by atoms with Gasteiger partial charge in [-0.15, -0.1) is 0 Å². The van der Waals surface area contributed by atoms with Gasteiger partial charge < -0.3 is 14.3 Å². The molecule has 0 unspecified atom stereocenters. The van der Waals surface area contributed by atoms with Gasteiger partial charge in [0.15, 0.2) is 0 Å². The van der Waals surface area contributed by atoms with Crippen LogP contribution in [0.15, 0.2) is 74.9 Å². The number of oxazole rings is 1. The van der Waals surface area contributed by atoms with E-state index in [4.69, 9.17) is 9.41 Å². The Morgan fingerprint density at radius 1 is 1.00 bits per heavy atom. The van der Waals surface area contributed by atoms with Crippen LogP contribution in [0.5, 0.6) is 0 Å². The smallest absolute Gasteiger partial charge is 0.361 e. The SMILES string of the molecule is Cc1c2c(cc/c1=c1\[nH]/c(=C\c3ccc(N(C)C)cc3)c(=O)o1)=Nc1ccccc1-2. The van der Waals surface area contributed by atoms with Crippen LogP contribution in [0.25, 0.3) is 17.2 Å². The molecule has 5 heteroatoms. The molecule has 5 nitrogen and oxygen atoms in total. The first-order valence-corrected chi connectivity index (χ1v) is 9.81. The molecule has 5 rings (SSSR count). The number of fused-ring (bicyclic) bond motifs is 3. The van der Waals surface area contributed by atoms with E-state index in [0.29, 0.717) is 10.9 Å². The van der Waals surface area contributed by atoms with Crippen molar-refractivity contribution >= 4 is 17.5 Å². The van der Waals surface area contributed by atoms with Gasteiger partial charge in [-0.05, 0) is 54.5 Å². The second-order valence-corrected chi connectivity index (χ2v) is 7.65. The summed E-state index contributed by atoms with van der Waals surface area (Å²) in [5.41, 5.74) is 6.31. The van der Waals surface area contributed by atoms with Crippen molar-refractivity contribution in [2.24, 2.45) is 4.99 Å². The van der Waals surface area contributed by atoms with Crippen LogP contribution < -0.4 is 21.2 Å². The summed E-state index contributed by atoms with van der Waals surface area (Å²) in [7, 11) is 3.99. The molecule has 0 radical (unpaired) electrons. The van der Waals surface area contributed by atoms with Gasteiger partial charge in [0.25, 0.3) is 0 Å². The van der Waals surface area contributed by atoms with Crippen molar-refractivity contribution in [3.8, 4) is 11.1 Å². The molecule has 4 aromatic rings. The van der Waals surface area contributed by atoms with E-state index in [1.807, 2.05) is 86.6 Å². The molecule has 2 heterocycles. The highest BCUT2D eigenvalue weighted by molar-refractivity contribution is 5.81. The Labute approximate surface area is 173 Å². The molecular weight excluding hydrogens is 374 g/mol. The number of H-pyrrole nitrogens is 1. The number of hydrogen-bond donors (Lipinski definition) is 1. The Morgan fingerprint density at radius 3 is 2.53 bits per heavy atom. The summed E-state index contributed by atoms with van der Waals surface area (Å²) in [5, 5.41) is 2.23. The highest BCUT2D eigenvalue weighted by atomic mass is 16.4. The first kappa shape index (κ1) is 18.2. The normalized spacial score (nSPS) is 13.6. The van der Waals surface area contributed by atoms with E-state index < -0.39 is 0 Å². The standard InChI is InChI=1S/C25H21N3O2/c1-15-18(12-13-21-23(15)19-6-4-5-7-20(19)26-21)24-27-22(25(29)30-24)14-16-8-10-17(11-9-16)28(2)3/h4-14,27H,1-3H3/b22-14-,24-18-. The van der Waals surface area contributed by atoms with Gasteiger partial charge in [0, 0.05) is 36.1 Å². The van der Waals surface area contributed by atoms with Gasteiger partial charge in [0.1, 0.15) is 5.35 Å². The van der Waals surface area contributed by atoms with Gasteiger partial charge >= 0.3 is 5.63 Å². The van der Waals surface area contributed by atoms with Gasteiger partial charge in [-0.25, -0.2) is 9.79 Å². The number of para-hydroxylation sites is 1. The van der Waals surface area contributed by atoms with Crippen LogP contribution >= 0.6 is 0 Å². The average Bonchev–Trinajstić information content (AvgIpc) is 3.29. The number of nitrogens with one attached hydrogen (secondary N) is 1. The van der Waals surface area contributed by atoms with Gasteiger partial charge in [-0.2, -0.15) is 0 Å². The molecule has 0 bridgehead atoms. The lowest BCUT2D eigenvalue weighted by Crippen LogP contribution is -2.20. The van der Waals surface area contributed by atoms with Crippen LogP contribution in [0.4, 0.5) is 11.4 Å². The topological polar surface area (TPSA) is 61.6 Å². The lowest BCUT2D eigenvalue weighted by Gasteiger charge is -2.11. The molecule has 0 amide bonds. The second kappa shape index (κ2) is 6.88. The quantitative estimate of drug-likeness (QED) is 0.498. The summed E-state index contributed by atoms with van der Waals surface area (Å²) in [6.45, 7) is 2.04. The highest BCUT2D eigenvalue weighted by Gasteiger charge is 2.16. The maximum atomic E-state index is 12.5. The van der Waals surface area contributed by atoms with Crippen molar-refractivity contribution in [3.05, 3.63) is 104 Å². The maximum absolute atomic E-state index is 12.5. The third-order valence-electron chi connectivity index (χ3n) is 5.49. The van der Waals surface area contributed by atoms with E-state index in [-0.39, 0.29) is 5.63 Å². The fourth-order valence-corrected chi connectivity index (χ4v) is 3.89. The number of rotatable bonds is 2. The second-order valence-electron chi connectivity index (χ2n) is 7.65. The predicted molar refractivity (Wildman–Crippen MR) is 118 cm³/mol. The Balaban J connectivity index is 1.69. The predicted octanol–water partition coefficient (Wildman–Crippen LogP) is 3.39. The largest absolute Gasteiger partial charge is 0.404 e. The Kier molecular flexibility index (Phi) is 4.17. The molecule has 1 aliphatic rings. The van der Waals surface area contributed by atoms with Crippen LogP contribution in [0.2, 0.25) is 0 Å². The van der Waals surface area contributed by atoms with Crippen LogP contribution in [0.3, 0.4) is 0 Å². The Hall–Kier alpha value is -3.86. The van der Waals surface area contributed by atoms with Crippen molar-refractivity contribution in [3.63, 3.8) is 0 Å². The average molecular weight is 395 g/mol. The number of benzene rings is 3. The number of hydrogen-bond acceptors (Lipinski definition) is 4. The van der Waals surface area contributed by atoms with Crippen molar-refractivity contribution in [2.75, 3.05) is 19.0 Å². The Bertz CT molecular complexity index is 1540. The van der Waals surface area contributed by atoms with Crippen molar-refractivity contribution < 1.29 is 4.42 Å². The first-order valence-electron chi connectivity index (χ1n) is 9.81. The van der Waals surface area contributed by atoms with E-state index in [0.717, 1.165) is 44.2 Å². The highest BCUT2D eigenvalue weighted by Crippen LogP contribution is 2.34. The molecule has 1 N–H and O–H groups in total. The zero-order valence-corrected chi connectivity index (χ0v) is 17.1. The summed E-state index contributed by atoms with van der Waals surface area (Å²) in [4.78, 5) is 22.4. The minimum Gasteiger partial charge on any atom is -0.404 e. The van der Waals surface area contributed by atoms with Crippen molar-refractivity contribution in [1.29, 1.82) is 0 Å². The zero-order chi connectivity index (χ0) is 20.8. The first-order chi connectivity index (χ1) is 14.5. The molecule has 0 atom stereocenters. The maximum Gasteiger partial charge on any atom is 0.361 e. The third kappa shape index (κ3) is 2.95. The lowest BCUT2D eigenvalue weighted by atomic mass is 9.99. The summed E-state index contributed by atoms with van der Waals surface area (Å²) >= 11 is 0. The molecule has 1 aromatic heterocycles. The molecule has 1 aliphatic heterocycles. The Morgan fingerprint density at radius 2 is 1.77 bits per heavy atom. The van der Waals surface area contributed by atoms with Gasteiger partial charge in [0.2, 0.25) is 5.55 Å². The van der Waals surface area contributed by atoms with Crippen molar-refractivity contribution in [2.45, 2.75) is 6.92 Å². The van der Waals surface area contributed by atoms with Gasteiger partial charge in [0.05, 0.1) is 11.0 Å². The molecule has 0 saturated carbocycles. The molecule has 0 fully saturated rings. The molecule has 148 valence electrons. The third-order valence-corrected chi connectivity index (χ3v) is 5.49. The van der Waals surface area contributed by atoms with E-state index in [1.54, 1.807) is 0 Å². The van der Waals surface area contributed by atoms with Gasteiger partial charge in [-0.3, -0.25) is 0 Å². The van der Waals surface area contributed by atoms with E-state index in [2.05, 4.69) is 11.1 Å². The zero-order valence-electron chi connectivity index (χ0n) is 17.1. The number of aromatic amines is 1. The monoisotopic (exact) mass is 395 g/mol. The number of aromatic nitrogens is 1. The van der Waals surface area contributed by atoms with Crippen molar-refractivity contribution in [1.82, 2.24) is 4.98 Å². The van der Waals surface area contributed by atoms with Crippen LogP contribution in [0, 0.1) is 17.7 Å². The summed E-state index contributed by atoms with van der Waals surface area (Å²) in [6.07, 6.45) is 1.81. The summed E-state index contributed by atoms with van der Waals surface area (Å²) in [5.74, 6) is 0. The fraction of sp³-hybridized carbons (Fsp3) is 0.120. The molecular formula is C25H21N3O2.